The van der Waals surface area contributed by atoms with Crippen LogP contribution in [0.15, 0.2) is 48.8 Å². The molecule has 4 rings (SSSR count). The van der Waals surface area contributed by atoms with E-state index in [-0.39, 0.29) is 23.4 Å². The van der Waals surface area contributed by atoms with E-state index in [1.54, 1.807) is 30.6 Å². The number of halogens is 4. The fraction of sp³-hybridized carbons (Fsp3) is 0.409. The first-order chi connectivity index (χ1) is 15.6. The van der Waals surface area contributed by atoms with Crippen LogP contribution in [0.1, 0.15) is 29.6 Å². The summed E-state index contributed by atoms with van der Waals surface area (Å²) in [4.78, 5) is 27.5. The number of pyridine rings is 1. The molecule has 0 bridgehead atoms. The number of carbonyl (C=O) groups excluding carboxylic acids is 1. The Bertz CT molecular complexity index is 974. The van der Waals surface area contributed by atoms with Gasteiger partial charge in [0.25, 0.3) is 5.91 Å². The number of nitrogens with zero attached hydrogens (tertiary/aromatic N) is 2. The Hall–Kier alpha value is -3.21. The zero-order chi connectivity index (χ0) is 24.1. The average Bonchev–Trinajstić information content (AvgIpc) is 3.15. The minimum Gasteiger partial charge on any atom is -0.475 e. The number of carbonyl (C=O) groups is 2. The fourth-order valence-corrected chi connectivity index (χ4v) is 3.98. The van der Waals surface area contributed by atoms with E-state index in [0.717, 1.165) is 31.5 Å². The highest BCUT2D eigenvalue weighted by atomic mass is 19.4. The van der Waals surface area contributed by atoms with Gasteiger partial charge < -0.3 is 20.1 Å². The van der Waals surface area contributed by atoms with Crippen LogP contribution in [0.3, 0.4) is 0 Å². The average molecular weight is 469 g/mol. The number of alkyl halides is 3. The number of rotatable bonds is 3. The third kappa shape index (κ3) is 6.64. The molecule has 2 N–H and O–H groups in total. The Kier molecular flexibility index (Phi) is 7.52. The number of anilines is 1. The molecule has 1 spiro atoms. The number of nitrogens with one attached hydrogen (secondary N) is 1. The summed E-state index contributed by atoms with van der Waals surface area (Å²) in [6.45, 7) is 1.90. The molecule has 3 heterocycles. The molecule has 2 saturated heterocycles. The first-order valence-electron chi connectivity index (χ1n) is 10.2. The maximum Gasteiger partial charge on any atom is 0.490 e. The number of hydrogen-bond acceptors (Lipinski definition) is 5. The molecule has 2 aliphatic rings. The molecule has 178 valence electrons. The van der Waals surface area contributed by atoms with Crippen LogP contribution >= 0.6 is 0 Å². The molecule has 0 radical (unpaired) electrons. The fourth-order valence-electron chi connectivity index (χ4n) is 3.98. The molecule has 0 aliphatic carbocycles. The standard InChI is InChI=1S/C20H22FN3O2.C2HF3O2/c21-16-3-1-4-17(11-16)23-18-12-20(26-13-18)7-2-10-24(14-20)19(25)15-5-8-22-9-6-15;3-2(4,5)1(6)7/h1,3-6,8-9,11,18,23H,2,7,10,12-14H2;(H,6,7). The summed E-state index contributed by atoms with van der Waals surface area (Å²) in [5.41, 5.74) is 1.10. The lowest BCUT2D eigenvalue weighted by Gasteiger charge is -2.39. The molecule has 7 nitrogen and oxygen atoms in total. The van der Waals surface area contributed by atoms with Crippen molar-refractivity contribution in [3.63, 3.8) is 0 Å². The van der Waals surface area contributed by atoms with Gasteiger partial charge in [0, 0.05) is 36.6 Å². The molecule has 33 heavy (non-hydrogen) atoms. The topological polar surface area (TPSA) is 91.8 Å². The summed E-state index contributed by atoms with van der Waals surface area (Å²) < 4.78 is 51.3. The van der Waals surface area contributed by atoms with Gasteiger partial charge in [-0.15, -0.1) is 0 Å². The van der Waals surface area contributed by atoms with Gasteiger partial charge in [0.1, 0.15) is 5.82 Å². The minimum absolute atomic E-state index is 0.0246. The Morgan fingerprint density at radius 2 is 1.91 bits per heavy atom. The van der Waals surface area contributed by atoms with Crippen LogP contribution in [0.25, 0.3) is 0 Å². The minimum atomic E-state index is -5.08. The van der Waals surface area contributed by atoms with Gasteiger partial charge in [0.15, 0.2) is 0 Å². The largest absolute Gasteiger partial charge is 0.490 e. The van der Waals surface area contributed by atoms with E-state index in [4.69, 9.17) is 14.6 Å². The van der Waals surface area contributed by atoms with E-state index in [2.05, 4.69) is 10.3 Å². The number of amides is 1. The first kappa shape index (κ1) is 24.4. The Morgan fingerprint density at radius 1 is 1.21 bits per heavy atom. The lowest BCUT2D eigenvalue weighted by atomic mass is 9.88. The van der Waals surface area contributed by atoms with Crippen LogP contribution < -0.4 is 5.32 Å². The molecule has 1 aromatic heterocycles. The van der Waals surface area contributed by atoms with Gasteiger partial charge in [-0.2, -0.15) is 13.2 Å². The number of ether oxygens (including phenoxy) is 1. The van der Waals surface area contributed by atoms with Crippen LogP contribution in [0.5, 0.6) is 0 Å². The number of aromatic nitrogens is 1. The van der Waals surface area contributed by atoms with Gasteiger partial charge in [-0.3, -0.25) is 9.78 Å². The maximum atomic E-state index is 13.4. The van der Waals surface area contributed by atoms with Gasteiger partial charge in [-0.25, -0.2) is 9.18 Å². The lowest BCUT2D eigenvalue weighted by Crippen LogP contribution is -2.50. The summed E-state index contributed by atoms with van der Waals surface area (Å²) in [6.07, 6.45) is 0.859. The van der Waals surface area contributed by atoms with Gasteiger partial charge in [0.2, 0.25) is 0 Å². The molecule has 1 amide bonds. The predicted octanol–water partition coefficient (Wildman–Crippen LogP) is 3.73. The molecule has 1 aromatic carbocycles. The van der Waals surface area contributed by atoms with Crippen molar-refractivity contribution in [3.05, 3.63) is 60.2 Å². The molecule has 2 aromatic rings. The van der Waals surface area contributed by atoms with Crippen molar-refractivity contribution in [1.29, 1.82) is 0 Å². The monoisotopic (exact) mass is 469 g/mol. The summed E-state index contributed by atoms with van der Waals surface area (Å²) >= 11 is 0. The zero-order valence-electron chi connectivity index (χ0n) is 17.5. The zero-order valence-corrected chi connectivity index (χ0v) is 17.5. The summed E-state index contributed by atoms with van der Waals surface area (Å²) in [5, 5.41) is 10.5. The Labute approximate surface area is 187 Å². The van der Waals surface area contributed by atoms with Crippen LogP contribution in [-0.2, 0) is 9.53 Å². The van der Waals surface area contributed by atoms with Crippen LogP contribution in [0.2, 0.25) is 0 Å². The highest BCUT2D eigenvalue weighted by Gasteiger charge is 2.44. The highest BCUT2D eigenvalue weighted by Crippen LogP contribution is 2.36. The van der Waals surface area contributed by atoms with Crippen molar-refractivity contribution in [3.8, 4) is 0 Å². The van der Waals surface area contributed by atoms with E-state index in [9.17, 15) is 22.4 Å². The normalized spacial score (nSPS) is 22.4. The number of carboxylic acids is 1. The Balaban J connectivity index is 0.000000383. The van der Waals surface area contributed by atoms with Crippen LogP contribution in [0.4, 0.5) is 23.2 Å². The summed E-state index contributed by atoms with van der Waals surface area (Å²) in [6, 6.07) is 10.1. The number of piperidine rings is 1. The van der Waals surface area contributed by atoms with E-state index in [1.807, 2.05) is 11.0 Å². The predicted molar refractivity (Wildman–Crippen MR) is 110 cm³/mol. The quantitative estimate of drug-likeness (QED) is 0.666. The molecule has 11 heteroatoms. The van der Waals surface area contributed by atoms with Crippen molar-refractivity contribution >= 4 is 17.6 Å². The maximum absolute atomic E-state index is 13.4. The van der Waals surface area contributed by atoms with E-state index in [0.29, 0.717) is 18.7 Å². The van der Waals surface area contributed by atoms with Crippen molar-refractivity contribution in [2.24, 2.45) is 0 Å². The molecular formula is C22H23F4N3O4. The second-order valence-electron chi connectivity index (χ2n) is 7.92. The SMILES string of the molecule is O=C(O)C(F)(F)F.O=C(c1ccncc1)N1CCCC2(CC(Nc3cccc(F)c3)CO2)C1. The third-order valence-corrected chi connectivity index (χ3v) is 5.40. The number of hydrogen-bond donors (Lipinski definition) is 2. The smallest absolute Gasteiger partial charge is 0.475 e. The van der Waals surface area contributed by atoms with E-state index in [1.165, 1.54) is 12.1 Å². The highest BCUT2D eigenvalue weighted by molar-refractivity contribution is 5.94. The summed E-state index contributed by atoms with van der Waals surface area (Å²) in [5.74, 6) is -2.99. The third-order valence-electron chi connectivity index (χ3n) is 5.40. The number of carboxylic acid groups (broad SMARTS) is 1. The number of benzene rings is 1. The van der Waals surface area contributed by atoms with Crippen molar-refractivity contribution in [2.45, 2.75) is 37.1 Å². The first-order valence-corrected chi connectivity index (χ1v) is 10.2. The molecular weight excluding hydrogens is 446 g/mol. The lowest BCUT2D eigenvalue weighted by molar-refractivity contribution is -0.192. The van der Waals surface area contributed by atoms with Crippen molar-refractivity contribution in [1.82, 2.24) is 9.88 Å². The van der Waals surface area contributed by atoms with Crippen LogP contribution in [-0.4, -0.2) is 64.4 Å². The number of likely N-dealkylation sites (tertiary alicyclic amines) is 1. The number of aliphatic carboxylic acids is 1. The molecule has 2 unspecified atom stereocenters. The summed E-state index contributed by atoms with van der Waals surface area (Å²) in [7, 11) is 0. The second kappa shape index (κ2) is 10.2. The van der Waals surface area contributed by atoms with Gasteiger partial charge >= 0.3 is 12.1 Å². The van der Waals surface area contributed by atoms with Gasteiger partial charge in [-0.05, 0) is 43.2 Å². The van der Waals surface area contributed by atoms with E-state index >= 15 is 0 Å². The van der Waals surface area contributed by atoms with Crippen molar-refractivity contribution in [2.75, 3.05) is 25.0 Å². The molecule has 2 aliphatic heterocycles. The molecule has 0 saturated carbocycles. The van der Waals surface area contributed by atoms with E-state index < -0.39 is 12.1 Å². The van der Waals surface area contributed by atoms with Crippen LogP contribution in [0, 0.1) is 5.82 Å². The molecule has 2 fully saturated rings. The second-order valence-corrected chi connectivity index (χ2v) is 7.92. The molecule has 2 atom stereocenters. The van der Waals surface area contributed by atoms with Crippen molar-refractivity contribution < 1.29 is 37.0 Å². The Morgan fingerprint density at radius 3 is 2.55 bits per heavy atom. The van der Waals surface area contributed by atoms with Gasteiger partial charge in [0.05, 0.1) is 24.8 Å². The van der Waals surface area contributed by atoms with Gasteiger partial charge in [-0.1, -0.05) is 6.07 Å².